The maximum atomic E-state index is 4.28. The summed E-state index contributed by atoms with van der Waals surface area (Å²) in [6.07, 6.45) is 3.57. The summed E-state index contributed by atoms with van der Waals surface area (Å²) in [4.78, 5) is 4.14. The van der Waals surface area contributed by atoms with Crippen LogP contribution in [0.15, 0.2) is 46.7 Å². The molecule has 0 spiro atoms. The van der Waals surface area contributed by atoms with E-state index >= 15 is 0 Å². The Morgan fingerprint density at radius 1 is 1.33 bits per heavy atom. The van der Waals surface area contributed by atoms with Gasteiger partial charge in [0, 0.05) is 0 Å². The zero-order chi connectivity index (χ0) is 10.7. The minimum absolute atomic E-state index is 0.678. The highest BCUT2D eigenvalue weighted by Crippen LogP contribution is 2.05. The fourth-order valence-electron chi connectivity index (χ4n) is 1.23. The van der Waals surface area contributed by atoms with Crippen molar-refractivity contribution in [1.29, 1.82) is 0 Å². The molecule has 4 heteroatoms. The summed E-state index contributed by atoms with van der Waals surface area (Å²) in [5.41, 5.74) is 1.06. The van der Waals surface area contributed by atoms with Crippen molar-refractivity contribution in [3.8, 4) is 0 Å². The van der Waals surface area contributed by atoms with Gasteiger partial charge >= 0.3 is 0 Å². The van der Waals surface area contributed by atoms with Gasteiger partial charge in [-0.1, -0.05) is 30.3 Å². The smallest absolute Gasteiger partial charge is 0.128 e. The van der Waals surface area contributed by atoms with E-state index in [1.807, 2.05) is 37.3 Å². The van der Waals surface area contributed by atoms with Crippen LogP contribution in [0.25, 0.3) is 0 Å². The van der Waals surface area contributed by atoms with Gasteiger partial charge in [-0.15, -0.1) is 12.6 Å². The monoisotopic (exact) mass is 217 g/mol. The van der Waals surface area contributed by atoms with E-state index in [0.29, 0.717) is 5.03 Å². The molecule has 0 aliphatic rings. The molecule has 1 aromatic carbocycles. The van der Waals surface area contributed by atoms with E-state index in [0.717, 1.165) is 11.4 Å². The Morgan fingerprint density at radius 3 is 2.67 bits per heavy atom. The molecular formula is C11H11N3S. The average molecular weight is 217 g/mol. The Hall–Kier alpha value is -1.55. The first-order valence-corrected chi connectivity index (χ1v) is 5.05. The van der Waals surface area contributed by atoms with Crippen LogP contribution in [-0.2, 0) is 0 Å². The lowest BCUT2D eigenvalue weighted by Crippen LogP contribution is -1.91. The minimum atomic E-state index is 0.678. The number of nitrogens with zero attached hydrogens (tertiary/aromatic N) is 3. The molecule has 0 saturated carbocycles. The first kappa shape index (κ1) is 9.98. The van der Waals surface area contributed by atoms with Gasteiger partial charge in [0.25, 0.3) is 0 Å². The van der Waals surface area contributed by atoms with E-state index in [1.165, 1.54) is 0 Å². The summed E-state index contributed by atoms with van der Waals surface area (Å²) < 4.78 is 1.70. The summed E-state index contributed by atoms with van der Waals surface area (Å²) in [5, 5.41) is 4.96. The van der Waals surface area contributed by atoms with Gasteiger partial charge in [0.1, 0.15) is 10.9 Å². The maximum absolute atomic E-state index is 4.28. The van der Waals surface area contributed by atoms with Crippen LogP contribution in [0.3, 0.4) is 0 Å². The molecule has 0 bridgehead atoms. The molecule has 0 saturated heterocycles. The van der Waals surface area contributed by atoms with Crippen LogP contribution in [0.2, 0.25) is 0 Å². The Labute approximate surface area is 93.9 Å². The second-order valence-corrected chi connectivity index (χ2v) is 3.60. The molecule has 1 aromatic heterocycles. The lowest BCUT2D eigenvalue weighted by atomic mass is 10.2. The molecule has 1 heterocycles. The third-order valence-electron chi connectivity index (χ3n) is 1.98. The van der Waals surface area contributed by atoms with Gasteiger partial charge in [-0.2, -0.15) is 5.10 Å². The van der Waals surface area contributed by atoms with E-state index < -0.39 is 0 Å². The molecule has 2 rings (SSSR count). The van der Waals surface area contributed by atoms with Crippen LogP contribution in [0.5, 0.6) is 0 Å². The summed E-state index contributed by atoms with van der Waals surface area (Å²) in [6, 6.07) is 9.93. The fourth-order valence-corrected chi connectivity index (χ4v) is 1.49. The number of hydrogen-bond acceptors (Lipinski definition) is 3. The molecular weight excluding hydrogens is 206 g/mol. The third kappa shape index (κ3) is 2.47. The van der Waals surface area contributed by atoms with E-state index in [2.05, 4.69) is 22.7 Å². The molecule has 3 nitrogen and oxygen atoms in total. The van der Waals surface area contributed by atoms with Crippen molar-refractivity contribution >= 4 is 18.8 Å². The van der Waals surface area contributed by atoms with Crippen LogP contribution in [-0.4, -0.2) is 15.9 Å². The van der Waals surface area contributed by atoms with Crippen molar-refractivity contribution < 1.29 is 0 Å². The average Bonchev–Trinajstić information content (AvgIpc) is 2.56. The third-order valence-corrected chi connectivity index (χ3v) is 2.19. The van der Waals surface area contributed by atoms with Gasteiger partial charge in [-0.25, -0.2) is 9.66 Å². The normalized spacial score (nSPS) is 11.1. The second-order valence-electron chi connectivity index (χ2n) is 3.15. The van der Waals surface area contributed by atoms with Crippen molar-refractivity contribution in [2.75, 3.05) is 0 Å². The van der Waals surface area contributed by atoms with Crippen molar-refractivity contribution in [3.05, 3.63) is 47.9 Å². The molecule has 2 aromatic rings. The molecule has 0 amide bonds. The number of imidazole rings is 1. The van der Waals surface area contributed by atoms with Crippen LogP contribution in [0.1, 0.15) is 11.4 Å². The fraction of sp³-hybridized carbons (Fsp3) is 0.0909. The van der Waals surface area contributed by atoms with Crippen LogP contribution in [0, 0.1) is 6.92 Å². The largest absolute Gasteiger partial charge is 0.226 e. The number of thiol groups is 1. The molecule has 0 unspecified atom stereocenters. The lowest BCUT2D eigenvalue weighted by Gasteiger charge is -1.94. The van der Waals surface area contributed by atoms with Gasteiger partial charge in [-0.05, 0) is 12.5 Å². The van der Waals surface area contributed by atoms with Crippen LogP contribution < -0.4 is 0 Å². The Balaban J connectivity index is 2.22. The molecule has 0 N–H and O–H groups in total. The molecule has 0 fully saturated rings. The molecule has 0 aliphatic heterocycles. The summed E-state index contributed by atoms with van der Waals surface area (Å²) >= 11 is 4.15. The maximum Gasteiger partial charge on any atom is 0.128 e. The van der Waals surface area contributed by atoms with Crippen molar-refractivity contribution in [2.24, 2.45) is 5.10 Å². The first-order valence-electron chi connectivity index (χ1n) is 4.60. The van der Waals surface area contributed by atoms with Gasteiger partial charge in [-0.3, -0.25) is 0 Å². The van der Waals surface area contributed by atoms with E-state index in [1.54, 1.807) is 17.1 Å². The number of aryl methyl sites for hydroxylation is 1. The Bertz CT molecular complexity index is 474. The molecule has 15 heavy (non-hydrogen) atoms. The number of aromatic nitrogens is 2. The highest BCUT2D eigenvalue weighted by molar-refractivity contribution is 7.80. The summed E-state index contributed by atoms with van der Waals surface area (Å²) in [7, 11) is 0. The van der Waals surface area contributed by atoms with Crippen molar-refractivity contribution in [3.63, 3.8) is 0 Å². The van der Waals surface area contributed by atoms with Crippen molar-refractivity contribution in [2.45, 2.75) is 11.9 Å². The lowest BCUT2D eigenvalue weighted by molar-refractivity contribution is 0.832. The zero-order valence-corrected chi connectivity index (χ0v) is 9.22. The van der Waals surface area contributed by atoms with Gasteiger partial charge in [0.2, 0.25) is 0 Å². The van der Waals surface area contributed by atoms with Crippen LogP contribution >= 0.6 is 12.6 Å². The van der Waals surface area contributed by atoms with Gasteiger partial charge in [0.15, 0.2) is 0 Å². The summed E-state index contributed by atoms with van der Waals surface area (Å²) in [6.45, 7) is 1.89. The highest BCUT2D eigenvalue weighted by Gasteiger charge is 1.97. The number of hydrogen-bond donors (Lipinski definition) is 1. The Kier molecular flexibility index (Phi) is 2.87. The van der Waals surface area contributed by atoms with E-state index in [4.69, 9.17) is 0 Å². The molecule has 0 atom stereocenters. The second kappa shape index (κ2) is 4.31. The number of rotatable bonds is 2. The molecule has 76 valence electrons. The summed E-state index contributed by atoms with van der Waals surface area (Å²) in [5.74, 6) is 0.826. The first-order chi connectivity index (χ1) is 7.25. The van der Waals surface area contributed by atoms with E-state index in [9.17, 15) is 0 Å². The molecule has 0 aliphatic carbocycles. The standard InChI is InChI=1S/C11H11N3S/c1-9-13-11(15)8-14(9)12-7-10-5-3-2-4-6-10/h2-8,15H,1H3/b12-7+. The van der Waals surface area contributed by atoms with Crippen LogP contribution in [0.4, 0.5) is 0 Å². The zero-order valence-electron chi connectivity index (χ0n) is 8.33. The van der Waals surface area contributed by atoms with Gasteiger partial charge in [0.05, 0.1) is 12.4 Å². The predicted octanol–water partition coefficient (Wildman–Crippen LogP) is 2.36. The SMILES string of the molecule is Cc1nc(S)cn1/N=C/c1ccccc1. The Morgan fingerprint density at radius 2 is 2.07 bits per heavy atom. The van der Waals surface area contributed by atoms with Gasteiger partial charge < -0.3 is 0 Å². The van der Waals surface area contributed by atoms with Crippen molar-refractivity contribution in [1.82, 2.24) is 9.66 Å². The molecule has 0 radical (unpaired) electrons. The topological polar surface area (TPSA) is 30.2 Å². The predicted molar refractivity (Wildman–Crippen MR) is 63.7 cm³/mol. The highest BCUT2D eigenvalue weighted by atomic mass is 32.1. The number of benzene rings is 1. The van der Waals surface area contributed by atoms with E-state index in [-0.39, 0.29) is 0 Å². The quantitative estimate of drug-likeness (QED) is 0.607. The minimum Gasteiger partial charge on any atom is -0.226 e.